The van der Waals surface area contributed by atoms with Crippen LogP contribution in [0.5, 0.6) is 0 Å². The summed E-state index contributed by atoms with van der Waals surface area (Å²) in [4.78, 5) is 4.39. The predicted molar refractivity (Wildman–Crippen MR) is 65.9 cm³/mol. The first kappa shape index (κ1) is 14.1. The molecule has 5 nitrogen and oxygen atoms in total. The minimum absolute atomic E-state index is 0.112. The number of aromatic nitrogens is 2. The number of rotatable bonds is 7. The topological polar surface area (TPSA) is 60.2 Å². The van der Waals surface area contributed by atoms with Crippen molar-refractivity contribution in [2.75, 3.05) is 13.2 Å². The van der Waals surface area contributed by atoms with Crippen LogP contribution in [0.25, 0.3) is 0 Å². The van der Waals surface area contributed by atoms with Crippen molar-refractivity contribution in [3.05, 3.63) is 11.7 Å². The van der Waals surface area contributed by atoms with Gasteiger partial charge in [-0.1, -0.05) is 19.0 Å². The smallest absolute Gasteiger partial charge is 0.231 e. The molecule has 0 amide bonds. The summed E-state index contributed by atoms with van der Waals surface area (Å²) in [6, 6.07) is 0.315. The van der Waals surface area contributed by atoms with E-state index in [0.717, 1.165) is 6.54 Å². The molecule has 5 heteroatoms. The first-order valence-electron chi connectivity index (χ1n) is 6.28. The second kappa shape index (κ2) is 6.71. The third-order valence-electron chi connectivity index (χ3n) is 2.90. The lowest BCUT2D eigenvalue weighted by Gasteiger charge is -2.16. The van der Waals surface area contributed by atoms with Crippen LogP contribution in [0.4, 0.5) is 0 Å². The van der Waals surface area contributed by atoms with E-state index in [0.29, 0.717) is 24.4 Å². The van der Waals surface area contributed by atoms with E-state index < -0.39 is 0 Å². The average Bonchev–Trinajstić information content (AvgIpc) is 2.78. The molecule has 1 rings (SSSR count). The summed E-state index contributed by atoms with van der Waals surface area (Å²) in [5.74, 6) is 1.49. The molecule has 0 aliphatic heterocycles. The molecular weight excluding hydrogens is 218 g/mol. The molecule has 1 aromatic heterocycles. The summed E-state index contributed by atoms with van der Waals surface area (Å²) in [7, 11) is 0. The maximum Gasteiger partial charge on any atom is 0.231 e. The van der Waals surface area contributed by atoms with E-state index in [1.807, 2.05) is 13.8 Å². The molecule has 0 saturated carbocycles. The maximum atomic E-state index is 5.43. The summed E-state index contributed by atoms with van der Waals surface area (Å²) >= 11 is 0. The zero-order valence-electron chi connectivity index (χ0n) is 11.4. The Balaban J connectivity index is 2.66. The van der Waals surface area contributed by atoms with Crippen molar-refractivity contribution in [2.45, 2.75) is 52.7 Å². The van der Waals surface area contributed by atoms with Crippen molar-refractivity contribution < 1.29 is 9.26 Å². The van der Waals surface area contributed by atoms with E-state index >= 15 is 0 Å². The molecule has 0 saturated heterocycles. The van der Waals surface area contributed by atoms with Crippen molar-refractivity contribution in [3.63, 3.8) is 0 Å². The molecule has 0 spiro atoms. The Morgan fingerprint density at radius 2 is 2.00 bits per heavy atom. The first-order valence-corrected chi connectivity index (χ1v) is 6.28. The standard InChI is InChI=1S/C12H23N3O2/c1-6-13-9(4)8(3)12-14-11(15-17-12)10(5)16-7-2/h8-10,13H,6-7H2,1-5H3. The summed E-state index contributed by atoms with van der Waals surface area (Å²) in [6.07, 6.45) is -0.112. The van der Waals surface area contributed by atoms with E-state index in [4.69, 9.17) is 9.26 Å². The van der Waals surface area contributed by atoms with Crippen molar-refractivity contribution in [3.8, 4) is 0 Å². The van der Waals surface area contributed by atoms with Gasteiger partial charge in [0.05, 0.1) is 5.92 Å². The summed E-state index contributed by atoms with van der Waals surface area (Å²) < 4.78 is 10.7. The van der Waals surface area contributed by atoms with Gasteiger partial charge in [0.25, 0.3) is 0 Å². The van der Waals surface area contributed by atoms with Gasteiger partial charge in [0, 0.05) is 12.6 Å². The van der Waals surface area contributed by atoms with Crippen molar-refractivity contribution in [1.82, 2.24) is 15.5 Å². The Hall–Kier alpha value is -0.940. The van der Waals surface area contributed by atoms with E-state index in [1.54, 1.807) is 0 Å². The molecule has 0 fully saturated rings. The normalized spacial score (nSPS) is 16.8. The zero-order valence-corrected chi connectivity index (χ0v) is 11.4. The van der Waals surface area contributed by atoms with Crippen LogP contribution in [-0.4, -0.2) is 29.3 Å². The molecule has 0 aliphatic carbocycles. The van der Waals surface area contributed by atoms with Crippen LogP contribution in [0.3, 0.4) is 0 Å². The fourth-order valence-corrected chi connectivity index (χ4v) is 1.63. The molecule has 0 bridgehead atoms. The number of hydrogen-bond acceptors (Lipinski definition) is 5. The van der Waals surface area contributed by atoms with Crippen molar-refractivity contribution in [1.29, 1.82) is 0 Å². The number of nitrogens with one attached hydrogen (secondary N) is 1. The monoisotopic (exact) mass is 241 g/mol. The molecule has 98 valence electrons. The maximum absolute atomic E-state index is 5.43. The highest BCUT2D eigenvalue weighted by Crippen LogP contribution is 2.20. The number of likely N-dealkylation sites (N-methyl/N-ethyl adjacent to an activating group) is 1. The lowest BCUT2D eigenvalue weighted by molar-refractivity contribution is 0.0683. The van der Waals surface area contributed by atoms with E-state index in [1.165, 1.54) is 0 Å². The summed E-state index contributed by atoms with van der Waals surface area (Å²) in [6.45, 7) is 11.7. The fourth-order valence-electron chi connectivity index (χ4n) is 1.63. The largest absolute Gasteiger partial charge is 0.371 e. The molecule has 1 heterocycles. The third-order valence-corrected chi connectivity index (χ3v) is 2.90. The predicted octanol–water partition coefficient (Wildman–Crippen LogP) is 2.27. The van der Waals surface area contributed by atoms with E-state index in [9.17, 15) is 0 Å². The van der Waals surface area contributed by atoms with Gasteiger partial charge in [-0.25, -0.2) is 0 Å². The highest BCUT2D eigenvalue weighted by atomic mass is 16.5. The van der Waals surface area contributed by atoms with Crippen LogP contribution in [0.15, 0.2) is 4.52 Å². The Labute approximate surface area is 103 Å². The van der Waals surface area contributed by atoms with Gasteiger partial charge in [-0.05, 0) is 27.3 Å². The summed E-state index contributed by atoms with van der Waals surface area (Å²) in [5.41, 5.74) is 0. The SMILES string of the molecule is CCNC(C)C(C)c1nc(C(C)OCC)no1. The molecule has 3 unspecified atom stereocenters. The Morgan fingerprint density at radius 3 is 2.59 bits per heavy atom. The van der Waals surface area contributed by atoms with Gasteiger partial charge in [0.2, 0.25) is 5.89 Å². The molecular formula is C12H23N3O2. The second-order valence-corrected chi connectivity index (χ2v) is 4.22. The molecule has 0 aliphatic rings. The molecule has 17 heavy (non-hydrogen) atoms. The van der Waals surface area contributed by atoms with Gasteiger partial charge in [-0.2, -0.15) is 4.98 Å². The van der Waals surface area contributed by atoms with Gasteiger partial charge in [-0.3, -0.25) is 0 Å². The first-order chi connectivity index (χ1) is 8.10. The molecule has 1 aromatic rings. The van der Waals surface area contributed by atoms with E-state index in [-0.39, 0.29) is 12.0 Å². The van der Waals surface area contributed by atoms with Gasteiger partial charge < -0.3 is 14.6 Å². The number of ether oxygens (including phenoxy) is 1. The van der Waals surface area contributed by atoms with Gasteiger partial charge >= 0.3 is 0 Å². The second-order valence-electron chi connectivity index (χ2n) is 4.22. The van der Waals surface area contributed by atoms with Crippen molar-refractivity contribution in [2.24, 2.45) is 0 Å². The Bertz CT molecular complexity index is 327. The van der Waals surface area contributed by atoms with Crippen LogP contribution in [0, 0.1) is 0 Å². The molecule has 0 aromatic carbocycles. The van der Waals surface area contributed by atoms with Crippen LogP contribution >= 0.6 is 0 Å². The fraction of sp³-hybridized carbons (Fsp3) is 0.833. The Kier molecular flexibility index (Phi) is 5.58. The minimum Gasteiger partial charge on any atom is -0.371 e. The van der Waals surface area contributed by atoms with Crippen LogP contribution in [0.1, 0.15) is 58.4 Å². The zero-order chi connectivity index (χ0) is 12.8. The Morgan fingerprint density at radius 1 is 1.29 bits per heavy atom. The average molecular weight is 241 g/mol. The number of hydrogen-bond donors (Lipinski definition) is 1. The van der Waals surface area contributed by atoms with Crippen molar-refractivity contribution >= 4 is 0 Å². The minimum atomic E-state index is -0.112. The highest BCUT2D eigenvalue weighted by Gasteiger charge is 2.21. The van der Waals surface area contributed by atoms with Gasteiger partial charge in [-0.15, -0.1) is 0 Å². The van der Waals surface area contributed by atoms with Gasteiger partial charge in [0.15, 0.2) is 5.82 Å². The molecule has 0 radical (unpaired) electrons. The highest BCUT2D eigenvalue weighted by molar-refractivity contribution is 4.97. The lowest BCUT2D eigenvalue weighted by atomic mass is 10.0. The molecule has 1 N–H and O–H groups in total. The van der Waals surface area contributed by atoms with Crippen LogP contribution in [-0.2, 0) is 4.74 Å². The van der Waals surface area contributed by atoms with Crippen LogP contribution in [0.2, 0.25) is 0 Å². The summed E-state index contributed by atoms with van der Waals surface area (Å²) in [5, 5.41) is 7.31. The van der Waals surface area contributed by atoms with E-state index in [2.05, 4.69) is 36.2 Å². The number of nitrogens with zero attached hydrogens (tertiary/aromatic N) is 2. The van der Waals surface area contributed by atoms with Crippen LogP contribution < -0.4 is 5.32 Å². The lowest BCUT2D eigenvalue weighted by Crippen LogP contribution is -2.30. The molecule has 3 atom stereocenters. The van der Waals surface area contributed by atoms with Gasteiger partial charge in [0.1, 0.15) is 6.10 Å². The quantitative estimate of drug-likeness (QED) is 0.793. The third kappa shape index (κ3) is 3.78.